The maximum absolute atomic E-state index is 13.1. The van der Waals surface area contributed by atoms with Gasteiger partial charge in [0.2, 0.25) is 5.91 Å². The summed E-state index contributed by atoms with van der Waals surface area (Å²) in [6.45, 7) is 1.76. The van der Waals surface area contributed by atoms with Crippen molar-refractivity contribution in [1.82, 2.24) is 4.90 Å². The molecule has 0 heterocycles. The fourth-order valence-corrected chi connectivity index (χ4v) is 3.15. The zero-order valence-corrected chi connectivity index (χ0v) is 15.1. The molecule has 0 radical (unpaired) electrons. The Bertz CT molecular complexity index is 763. The largest absolute Gasteiger partial charge is 0.492 e. The van der Waals surface area contributed by atoms with Crippen LogP contribution in [-0.4, -0.2) is 37.6 Å². The van der Waals surface area contributed by atoms with Gasteiger partial charge in [-0.05, 0) is 61.7 Å². The minimum Gasteiger partial charge on any atom is -0.492 e. The zero-order valence-electron chi connectivity index (χ0n) is 15.1. The number of nitrogens with one attached hydrogen (secondary N) is 1. The quantitative estimate of drug-likeness (QED) is 0.785. The number of nitrogens with zero attached hydrogens (tertiary/aromatic N) is 1. The van der Waals surface area contributed by atoms with E-state index >= 15 is 0 Å². The van der Waals surface area contributed by atoms with Crippen LogP contribution in [0, 0.1) is 5.82 Å². The molecule has 1 amide bonds. The second kappa shape index (κ2) is 8.81. The number of benzene rings is 2. The van der Waals surface area contributed by atoms with E-state index < -0.39 is 0 Å². The van der Waals surface area contributed by atoms with Crippen molar-refractivity contribution in [3.05, 3.63) is 59.4 Å². The molecule has 0 fully saturated rings. The maximum atomic E-state index is 13.1. The number of fused-ring (bicyclic) bond motifs is 1. The van der Waals surface area contributed by atoms with Gasteiger partial charge in [-0.3, -0.25) is 4.79 Å². The summed E-state index contributed by atoms with van der Waals surface area (Å²) in [6.07, 6.45) is 3.88. The molecule has 2 aromatic carbocycles. The van der Waals surface area contributed by atoms with Crippen LogP contribution in [0.25, 0.3) is 0 Å². The molecule has 26 heavy (non-hydrogen) atoms. The highest BCUT2D eigenvalue weighted by Gasteiger charge is 2.12. The van der Waals surface area contributed by atoms with E-state index in [9.17, 15) is 9.18 Å². The summed E-state index contributed by atoms with van der Waals surface area (Å²) in [7, 11) is 1.94. The van der Waals surface area contributed by atoms with Gasteiger partial charge in [0.05, 0.1) is 0 Å². The molecule has 1 aliphatic carbocycles. The number of carbonyl (C=O) groups is 1. The molecule has 0 spiro atoms. The Morgan fingerprint density at radius 3 is 2.85 bits per heavy atom. The number of hydrogen-bond acceptors (Lipinski definition) is 3. The monoisotopic (exact) mass is 356 g/mol. The molecule has 0 saturated carbocycles. The molecule has 1 aliphatic rings. The summed E-state index contributed by atoms with van der Waals surface area (Å²) >= 11 is 0. The van der Waals surface area contributed by atoms with Gasteiger partial charge in [-0.2, -0.15) is 0 Å². The number of carbonyl (C=O) groups excluding carboxylic acids is 1. The number of amides is 1. The van der Waals surface area contributed by atoms with Crippen LogP contribution in [0.15, 0.2) is 42.5 Å². The summed E-state index contributed by atoms with van der Waals surface area (Å²) < 4.78 is 18.6. The minimum atomic E-state index is -0.306. The van der Waals surface area contributed by atoms with Crippen LogP contribution in [0.1, 0.15) is 24.0 Å². The number of likely N-dealkylation sites (N-methyl/N-ethyl adjacent to an activating group) is 1. The second-order valence-corrected chi connectivity index (χ2v) is 6.74. The molecule has 0 atom stereocenters. The number of ether oxygens (including phenoxy) is 1. The standard InChI is InChI=1S/C21H25FN2O2/c1-24(12-13-26-20-7-3-6-18(22)15-20)11-10-21(25)23-19-9-8-16-4-2-5-17(16)14-19/h3,6-9,14-15H,2,4-5,10-13H2,1H3,(H,23,25). The number of hydrogen-bond donors (Lipinski definition) is 1. The molecule has 1 N–H and O–H groups in total. The minimum absolute atomic E-state index is 0.0147. The van der Waals surface area contributed by atoms with Gasteiger partial charge >= 0.3 is 0 Å². The van der Waals surface area contributed by atoms with Crippen molar-refractivity contribution in [1.29, 1.82) is 0 Å². The number of aryl methyl sites for hydroxylation is 2. The van der Waals surface area contributed by atoms with Crippen molar-refractivity contribution < 1.29 is 13.9 Å². The highest BCUT2D eigenvalue weighted by molar-refractivity contribution is 5.91. The highest BCUT2D eigenvalue weighted by atomic mass is 19.1. The summed E-state index contributed by atoms with van der Waals surface area (Å²) in [5, 5.41) is 2.98. The lowest BCUT2D eigenvalue weighted by Gasteiger charge is -2.17. The van der Waals surface area contributed by atoms with E-state index in [1.54, 1.807) is 12.1 Å². The van der Waals surface area contributed by atoms with Gasteiger partial charge in [-0.25, -0.2) is 4.39 Å². The van der Waals surface area contributed by atoms with E-state index in [1.807, 2.05) is 18.0 Å². The molecule has 0 aromatic heterocycles. The van der Waals surface area contributed by atoms with Crippen LogP contribution in [0.3, 0.4) is 0 Å². The molecule has 4 nitrogen and oxygen atoms in total. The fourth-order valence-electron chi connectivity index (χ4n) is 3.15. The predicted octanol–water partition coefficient (Wildman–Crippen LogP) is 3.65. The first-order valence-corrected chi connectivity index (χ1v) is 9.09. The van der Waals surface area contributed by atoms with Gasteiger partial charge in [-0.1, -0.05) is 12.1 Å². The first kappa shape index (κ1) is 18.4. The van der Waals surface area contributed by atoms with Crippen LogP contribution >= 0.6 is 0 Å². The Labute approximate surface area is 154 Å². The van der Waals surface area contributed by atoms with Gasteiger partial charge in [0.25, 0.3) is 0 Å². The molecule has 0 bridgehead atoms. The van der Waals surface area contributed by atoms with Gasteiger partial charge in [0, 0.05) is 31.3 Å². The number of rotatable bonds is 8. The van der Waals surface area contributed by atoms with Crippen molar-refractivity contribution in [2.24, 2.45) is 0 Å². The predicted molar refractivity (Wildman–Crippen MR) is 101 cm³/mol. The van der Waals surface area contributed by atoms with Crippen LogP contribution in [0.4, 0.5) is 10.1 Å². The fraction of sp³-hybridized carbons (Fsp3) is 0.381. The first-order chi connectivity index (χ1) is 12.6. The SMILES string of the molecule is CN(CCOc1cccc(F)c1)CCC(=O)Nc1ccc2c(c1)CCC2. The van der Waals surface area contributed by atoms with Crippen LogP contribution in [-0.2, 0) is 17.6 Å². The average Bonchev–Trinajstić information content (AvgIpc) is 3.08. The number of halogens is 1. The van der Waals surface area contributed by atoms with E-state index in [0.29, 0.717) is 31.9 Å². The van der Waals surface area contributed by atoms with Crippen molar-refractivity contribution in [3.63, 3.8) is 0 Å². The number of anilines is 1. The maximum Gasteiger partial charge on any atom is 0.225 e. The molecule has 0 aliphatic heterocycles. The van der Waals surface area contributed by atoms with Gasteiger partial charge in [0.1, 0.15) is 18.2 Å². The molecular weight excluding hydrogens is 331 g/mol. The lowest BCUT2D eigenvalue weighted by Crippen LogP contribution is -2.28. The average molecular weight is 356 g/mol. The van der Waals surface area contributed by atoms with E-state index in [1.165, 1.54) is 29.7 Å². The van der Waals surface area contributed by atoms with Crippen LogP contribution in [0.5, 0.6) is 5.75 Å². The van der Waals surface area contributed by atoms with E-state index in [-0.39, 0.29) is 11.7 Å². The summed E-state index contributed by atoms with van der Waals surface area (Å²) in [5.74, 6) is 0.229. The third kappa shape index (κ3) is 5.30. The molecule has 0 saturated heterocycles. The van der Waals surface area contributed by atoms with Gasteiger partial charge in [0.15, 0.2) is 0 Å². The van der Waals surface area contributed by atoms with Gasteiger partial charge in [-0.15, -0.1) is 0 Å². The molecule has 138 valence electrons. The summed E-state index contributed by atoms with van der Waals surface area (Å²) in [5.41, 5.74) is 3.64. The smallest absolute Gasteiger partial charge is 0.225 e. The van der Waals surface area contributed by atoms with Crippen molar-refractivity contribution in [2.75, 3.05) is 32.1 Å². The normalized spacial score (nSPS) is 12.9. The molecule has 3 rings (SSSR count). The topological polar surface area (TPSA) is 41.6 Å². The van der Waals surface area contributed by atoms with Crippen LogP contribution in [0.2, 0.25) is 0 Å². The van der Waals surface area contributed by atoms with Crippen LogP contribution < -0.4 is 10.1 Å². The highest BCUT2D eigenvalue weighted by Crippen LogP contribution is 2.24. The van der Waals surface area contributed by atoms with E-state index in [0.717, 1.165) is 18.5 Å². The van der Waals surface area contributed by atoms with E-state index in [4.69, 9.17) is 4.74 Å². The molecular formula is C21H25FN2O2. The van der Waals surface area contributed by atoms with E-state index in [2.05, 4.69) is 17.4 Å². The summed E-state index contributed by atoms with van der Waals surface area (Å²) in [4.78, 5) is 14.2. The Kier molecular flexibility index (Phi) is 6.23. The molecule has 5 heteroatoms. The van der Waals surface area contributed by atoms with Gasteiger partial charge < -0.3 is 15.0 Å². The lowest BCUT2D eigenvalue weighted by molar-refractivity contribution is -0.116. The third-order valence-corrected chi connectivity index (χ3v) is 4.64. The third-order valence-electron chi connectivity index (χ3n) is 4.64. The zero-order chi connectivity index (χ0) is 18.4. The Hall–Kier alpha value is -2.40. The first-order valence-electron chi connectivity index (χ1n) is 9.09. The second-order valence-electron chi connectivity index (χ2n) is 6.74. The van der Waals surface area contributed by atoms with Crippen molar-refractivity contribution in [2.45, 2.75) is 25.7 Å². The molecule has 2 aromatic rings. The lowest BCUT2D eigenvalue weighted by atomic mass is 10.1. The van der Waals surface area contributed by atoms with Crippen molar-refractivity contribution >= 4 is 11.6 Å². The Balaban J connectivity index is 1.36. The van der Waals surface area contributed by atoms with Crippen molar-refractivity contribution in [3.8, 4) is 5.75 Å². The molecule has 0 unspecified atom stereocenters. The Morgan fingerprint density at radius 2 is 2.00 bits per heavy atom. The Morgan fingerprint density at radius 1 is 1.15 bits per heavy atom. The summed E-state index contributed by atoms with van der Waals surface area (Å²) in [6, 6.07) is 12.3.